The van der Waals surface area contributed by atoms with Gasteiger partial charge in [0.1, 0.15) is 17.9 Å². The lowest BCUT2D eigenvalue weighted by atomic mass is 9.87. The van der Waals surface area contributed by atoms with E-state index in [1.807, 2.05) is 0 Å². The van der Waals surface area contributed by atoms with E-state index in [0.717, 1.165) is 31.6 Å². The monoisotopic (exact) mass is 302 g/mol. The van der Waals surface area contributed by atoms with Crippen LogP contribution in [-0.4, -0.2) is 26.1 Å². The molecule has 0 radical (unpaired) electrons. The summed E-state index contributed by atoms with van der Waals surface area (Å²) in [5.41, 5.74) is 0.286. The minimum Gasteiger partial charge on any atom is -0.352 e. The summed E-state index contributed by atoms with van der Waals surface area (Å²) in [5.74, 6) is 0.608. The van der Waals surface area contributed by atoms with Crippen LogP contribution in [0.4, 0.5) is 0 Å². The zero-order valence-corrected chi connectivity index (χ0v) is 13.0. The summed E-state index contributed by atoms with van der Waals surface area (Å²) in [4.78, 5) is 24.8. The van der Waals surface area contributed by atoms with Crippen LogP contribution in [-0.2, 0) is 4.79 Å². The largest absolute Gasteiger partial charge is 0.352 e. The molecule has 6 nitrogen and oxygen atoms in total. The average molecular weight is 302 g/mol. The van der Waals surface area contributed by atoms with Crippen LogP contribution < -0.4 is 10.9 Å². The topological polar surface area (TPSA) is 68.4 Å². The van der Waals surface area contributed by atoms with Crippen LogP contribution in [0.15, 0.2) is 29.5 Å². The van der Waals surface area contributed by atoms with Gasteiger partial charge in [-0.15, -0.1) is 0 Å². The van der Waals surface area contributed by atoms with Gasteiger partial charge in [-0.25, -0.2) is 4.68 Å². The van der Waals surface area contributed by atoms with Gasteiger partial charge >= 0.3 is 0 Å². The zero-order chi connectivity index (χ0) is 15.7. The Morgan fingerprint density at radius 2 is 2.09 bits per heavy atom. The van der Waals surface area contributed by atoms with E-state index < -0.39 is 6.04 Å². The van der Waals surface area contributed by atoms with Gasteiger partial charge in [0.15, 0.2) is 0 Å². The van der Waals surface area contributed by atoms with E-state index in [-0.39, 0.29) is 17.5 Å². The maximum absolute atomic E-state index is 12.4. The van der Waals surface area contributed by atoms with Crippen molar-refractivity contribution < 1.29 is 4.79 Å². The van der Waals surface area contributed by atoms with Gasteiger partial charge in [0.25, 0.3) is 5.56 Å². The van der Waals surface area contributed by atoms with Gasteiger partial charge in [0.05, 0.1) is 0 Å². The Morgan fingerprint density at radius 1 is 1.36 bits per heavy atom. The number of rotatable bonds is 3. The third kappa shape index (κ3) is 2.77. The van der Waals surface area contributed by atoms with Gasteiger partial charge in [-0.3, -0.25) is 9.59 Å². The molecule has 2 aromatic rings. The number of nitrogens with one attached hydrogen (secondary N) is 1. The van der Waals surface area contributed by atoms with Crippen LogP contribution in [0.1, 0.15) is 45.6 Å². The molecule has 0 aliphatic heterocycles. The van der Waals surface area contributed by atoms with Gasteiger partial charge < -0.3 is 9.72 Å². The number of hydrogen-bond donors (Lipinski definition) is 1. The van der Waals surface area contributed by atoms with Crippen LogP contribution in [0.25, 0.3) is 5.52 Å². The summed E-state index contributed by atoms with van der Waals surface area (Å²) in [5, 5.41) is 7.17. The minimum atomic E-state index is -0.605. The van der Waals surface area contributed by atoms with Gasteiger partial charge in [0, 0.05) is 12.2 Å². The average Bonchev–Trinajstić information content (AvgIpc) is 2.99. The van der Waals surface area contributed by atoms with E-state index in [1.165, 1.54) is 4.68 Å². The number of nitrogens with zero attached hydrogens (tertiary/aromatic N) is 3. The number of carbonyl (C=O) groups excluding carboxylic acids is 1. The summed E-state index contributed by atoms with van der Waals surface area (Å²) < 4.78 is 2.92. The molecule has 1 atom stereocenters. The van der Waals surface area contributed by atoms with Gasteiger partial charge in [-0.1, -0.05) is 6.92 Å². The first-order valence-corrected chi connectivity index (χ1v) is 7.91. The van der Waals surface area contributed by atoms with Crippen molar-refractivity contribution in [2.45, 2.75) is 51.6 Å². The Morgan fingerprint density at radius 3 is 2.82 bits per heavy atom. The van der Waals surface area contributed by atoms with Crippen molar-refractivity contribution in [3.63, 3.8) is 0 Å². The SMILES string of the molecule is CC1CCC(NC(=O)C(C)n2ncn3cccc3c2=O)CC1. The normalized spacial score (nSPS) is 23.4. The number of fused-ring (bicyclic) bond motifs is 1. The number of amides is 1. The smallest absolute Gasteiger partial charge is 0.291 e. The van der Waals surface area contributed by atoms with E-state index in [2.05, 4.69) is 17.3 Å². The zero-order valence-electron chi connectivity index (χ0n) is 13.0. The quantitative estimate of drug-likeness (QED) is 0.939. The van der Waals surface area contributed by atoms with Crippen molar-refractivity contribution >= 4 is 11.4 Å². The van der Waals surface area contributed by atoms with Crippen LogP contribution in [0, 0.1) is 5.92 Å². The molecule has 1 fully saturated rings. The highest BCUT2D eigenvalue weighted by atomic mass is 16.2. The summed E-state index contributed by atoms with van der Waals surface area (Å²) in [7, 11) is 0. The van der Waals surface area contributed by atoms with Crippen molar-refractivity contribution in [2.24, 2.45) is 5.92 Å². The predicted octanol–water partition coefficient (Wildman–Crippen LogP) is 1.75. The summed E-state index contributed by atoms with van der Waals surface area (Å²) >= 11 is 0. The van der Waals surface area contributed by atoms with E-state index in [0.29, 0.717) is 5.52 Å². The molecule has 22 heavy (non-hydrogen) atoms. The molecule has 6 heteroatoms. The summed E-state index contributed by atoms with van der Waals surface area (Å²) in [6, 6.07) is 3.13. The molecule has 2 heterocycles. The van der Waals surface area contributed by atoms with Crippen molar-refractivity contribution in [3.8, 4) is 0 Å². The molecule has 0 aromatic carbocycles. The van der Waals surface area contributed by atoms with Crippen LogP contribution in [0.5, 0.6) is 0 Å². The highest BCUT2D eigenvalue weighted by Crippen LogP contribution is 2.23. The van der Waals surface area contributed by atoms with Crippen molar-refractivity contribution in [3.05, 3.63) is 35.0 Å². The second kappa shape index (κ2) is 5.94. The number of aromatic nitrogens is 3. The van der Waals surface area contributed by atoms with E-state index in [9.17, 15) is 9.59 Å². The first-order chi connectivity index (χ1) is 10.6. The standard InChI is InChI=1S/C16H22N4O2/c1-11-5-7-13(8-6-11)18-15(21)12(2)20-16(22)14-4-3-9-19(14)10-17-20/h3-4,9-13H,5-8H2,1-2H3,(H,18,21). The second-order valence-electron chi connectivity index (χ2n) is 6.32. The second-order valence-corrected chi connectivity index (χ2v) is 6.32. The summed E-state index contributed by atoms with van der Waals surface area (Å²) in [6.45, 7) is 3.96. The molecule has 0 bridgehead atoms. The first kappa shape index (κ1) is 14.8. The number of carbonyl (C=O) groups is 1. The fourth-order valence-electron chi connectivity index (χ4n) is 3.07. The Kier molecular flexibility index (Phi) is 4.00. The Hall–Kier alpha value is -2.11. The lowest BCUT2D eigenvalue weighted by Crippen LogP contribution is -2.43. The predicted molar refractivity (Wildman–Crippen MR) is 83.7 cm³/mol. The molecule has 2 aromatic heterocycles. The van der Waals surface area contributed by atoms with E-state index in [1.54, 1.807) is 36.0 Å². The van der Waals surface area contributed by atoms with E-state index >= 15 is 0 Å². The molecule has 1 aliphatic carbocycles. The third-order valence-corrected chi connectivity index (χ3v) is 4.62. The molecule has 1 unspecified atom stereocenters. The van der Waals surface area contributed by atoms with Gasteiger partial charge in [-0.2, -0.15) is 5.10 Å². The molecule has 0 spiro atoms. The fourth-order valence-corrected chi connectivity index (χ4v) is 3.07. The fraction of sp³-hybridized carbons (Fsp3) is 0.562. The molecule has 0 saturated heterocycles. The highest BCUT2D eigenvalue weighted by molar-refractivity contribution is 5.80. The van der Waals surface area contributed by atoms with Crippen LogP contribution in [0.2, 0.25) is 0 Å². The van der Waals surface area contributed by atoms with Crippen molar-refractivity contribution in [1.29, 1.82) is 0 Å². The Bertz CT molecular complexity index is 725. The first-order valence-electron chi connectivity index (χ1n) is 7.91. The lowest BCUT2D eigenvalue weighted by molar-refractivity contribution is -0.125. The van der Waals surface area contributed by atoms with Gasteiger partial charge in [-0.05, 0) is 50.7 Å². The maximum Gasteiger partial charge on any atom is 0.291 e. The van der Waals surface area contributed by atoms with Crippen LogP contribution in [0.3, 0.4) is 0 Å². The molecule has 1 aliphatic rings. The lowest BCUT2D eigenvalue weighted by Gasteiger charge is -2.28. The molecule has 1 saturated carbocycles. The number of hydrogen-bond acceptors (Lipinski definition) is 3. The molecule has 118 valence electrons. The minimum absolute atomic E-state index is 0.134. The summed E-state index contributed by atoms with van der Waals surface area (Å²) in [6.07, 6.45) is 7.64. The van der Waals surface area contributed by atoms with E-state index in [4.69, 9.17) is 0 Å². The molecule has 1 N–H and O–H groups in total. The maximum atomic E-state index is 12.4. The van der Waals surface area contributed by atoms with Crippen molar-refractivity contribution in [1.82, 2.24) is 19.5 Å². The highest BCUT2D eigenvalue weighted by Gasteiger charge is 2.24. The Balaban J connectivity index is 1.74. The molecule has 1 amide bonds. The van der Waals surface area contributed by atoms with Crippen molar-refractivity contribution in [2.75, 3.05) is 0 Å². The van der Waals surface area contributed by atoms with Gasteiger partial charge in [0.2, 0.25) is 5.91 Å². The Labute approximate surface area is 129 Å². The molecular formula is C16H22N4O2. The molecular weight excluding hydrogens is 280 g/mol. The van der Waals surface area contributed by atoms with Crippen LogP contribution >= 0.6 is 0 Å². The molecule has 3 rings (SSSR count). The third-order valence-electron chi connectivity index (χ3n) is 4.62.